The number of aliphatic carboxylic acids is 1. The topological polar surface area (TPSA) is 171 Å². The van der Waals surface area contributed by atoms with E-state index in [9.17, 15) is 29.4 Å². The number of hydrogen-bond donors (Lipinski definition) is 6. The number of rotatable bonds is 17. The second-order valence-electron chi connectivity index (χ2n) is 6.66. The van der Waals surface area contributed by atoms with E-state index in [4.69, 9.17) is 5.73 Å². The fourth-order valence-electron chi connectivity index (χ4n) is 2.39. The number of thioether (sulfide) groups is 3. The molecule has 3 amide bonds. The van der Waals surface area contributed by atoms with Gasteiger partial charge >= 0.3 is 5.97 Å². The van der Waals surface area contributed by atoms with Gasteiger partial charge in [0.15, 0.2) is 0 Å². The molecule has 0 bridgehead atoms. The van der Waals surface area contributed by atoms with Crippen LogP contribution in [0.3, 0.4) is 0 Å². The molecule has 31 heavy (non-hydrogen) atoms. The number of carbonyl (C=O) groups excluding carboxylic acids is 3. The second kappa shape index (κ2) is 17.4. The Morgan fingerprint density at radius 1 is 0.742 bits per heavy atom. The lowest BCUT2D eigenvalue weighted by Crippen LogP contribution is -2.58. The predicted molar refractivity (Wildman–Crippen MR) is 127 cm³/mol. The Bertz CT molecular complexity index is 584. The quantitative estimate of drug-likeness (QED) is 0.148. The van der Waals surface area contributed by atoms with Crippen molar-refractivity contribution in [1.29, 1.82) is 0 Å². The summed E-state index contributed by atoms with van der Waals surface area (Å²) in [6.45, 7) is -0.719. The van der Waals surface area contributed by atoms with E-state index in [1.54, 1.807) is 11.8 Å². The normalized spacial score (nSPS) is 14.7. The van der Waals surface area contributed by atoms with Crippen LogP contribution in [0.5, 0.6) is 0 Å². The van der Waals surface area contributed by atoms with Gasteiger partial charge in [0, 0.05) is 0 Å². The van der Waals surface area contributed by atoms with E-state index >= 15 is 0 Å². The highest BCUT2D eigenvalue weighted by molar-refractivity contribution is 7.98. The first-order valence-electron chi connectivity index (χ1n) is 9.68. The maximum atomic E-state index is 12.7. The van der Waals surface area contributed by atoms with Gasteiger partial charge in [-0.25, -0.2) is 4.79 Å². The highest BCUT2D eigenvalue weighted by atomic mass is 32.2. The molecule has 13 heteroatoms. The summed E-state index contributed by atoms with van der Waals surface area (Å²) in [7, 11) is 0. The van der Waals surface area contributed by atoms with E-state index in [-0.39, 0.29) is 6.42 Å². The van der Waals surface area contributed by atoms with E-state index in [2.05, 4.69) is 16.0 Å². The molecule has 4 unspecified atom stereocenters. The highest BCUT2D eigenvalue weighted by Gasteiger charge is 2.29. The fraction of sp³-hybridized carbons (Fsp3) is 0.778. The van der Waals surface area contributed by atoms with Gasteiger partial charge in [0.1, 0.15) is 18.1 Å². The zero-order valence-corrected chi connectivity index (χ0v) is 20.5. The van der Waals surface area contributed by atoms with Crippen molar-refractivity contribution in [2.45, 2.75) is 43.4 Å². The van der Waals surface area contributed by atoms with E-state index in [0.717, 1.165) is 0 Å². The van der Waals surface area contributed by atoms with Crippen molar-refractivity contribution < 1.29 is 29.4 Å². The van der Waals surface area contributed by atoms with Crippen molar-refractivity contribution >= 4 is 59.0 Å². The van der Waals surface area contributed by atoms with Gasteiger partial charge in [-0.2, -0.15) is 35.3 Å². The predicted octanol–water partition coefficient (Wildman–Crippen LogP) is -0.896. The average molecular weight is 499 g/mol. The monoisotopic (exact) mass is 498 g/mol. The van der Waals surface area contributed by atoms with Crippen LogP contribution in [0.15, 0.2) is 0 Å². The molecule has 10 nitrogen and oxygen atoms in total. The lowest BCUT2D eigenvalue weighted by molar-refractivity contribution is -0.142. The number of aliphatic hydroxyl groups excluding tert-OH is 1. The minimum absolute atomic E-state index is 0.203. The number of nitrogens with one attached hydrogen (secondary N) is 3. The largest absolute Gasteiger partial charge is 0.480 e. The van der Waals surface area contributed by atoms with Crippen LogP contribution in [0.25, 0.3) is 0 Å². The summed E-state index contributed by atoms with van der Waals surface area (Å²) in [6.07, 6.45) is 6.53. The summed E-state index contributed by atoms with van der Waals surface area (Å²) in [5, 5.41) is 26.1. The SMILES string of the molecule is CSCCC(N)C(=O)NC(CCSC)C(=O)NC(CO)C(=O)NC(CCSC)C(=O)O. The Kier molecular flexibility index (Phi) is 16.8. The standard InChI is InChI=1S/C18H34N4O6S3/c1-29-7-4-11(19)15(24)20-12(5-8-30-2)16(25)22-14(10-23)17(26)21-13(18(27)28)6-9-31-3/h11-14,23H,4-10,19H2,1-3H3,(H,20,24)(H,21,26)(H,22,25)(H,27,28). The lowest BCUT2D eigenvalue weighted by atomic mass is 10.1. The maximum absolute atomic E-state index is 12.7. The molecule has 7 N–H and O–H groups in total. The Morgan fingerprint density at radius 2 is 1.16 bits per heavy atom. The zero-order chi connectivity index (χ0) is 23.8. The first-order chi connectivity index (χ1) is 14.7. The number of nitrogens with two attached hydrogens (primary N) is 1. The van der Waals surface area contributed by atoms with Gasteiger partial charge in [-0.15, -0.1) is 0 Å². The summed E-state index contributed by atoms with van der Waals surface area (Å²) < 4.78 is 0. The molecule has 180 valence electrons. The smallest absolute Gasteiger partial charge is 0.326 e. The molecule has 0 saturated carbocycles. The molecular weight excluding hydrogens is 464 g/mol. The third-order valence-corrected chi connectivity index (χ3v) is 6.19. The van der Waals surface area contributed by atoms with E-state index in [1.165, 1.54) is 23.5 Å². The van der Waals surface area contributed by atoms with E-state index < -0.39 is 54.5 Å². The number of hydrogen-bond acceptors (Lipinski definition) is 9. The number of carboxylic acids is 1. The number of carboxylic acid groups (broad SMARTS) is 1. The van der Waals surface area contributed by atoms with Gasteiger partial charge in [0.05, 0.1) is 12.6 Å². The maximum Gasteiger partial charge on any atom is 0.326 e. The van der Waals surface area contributed by atoms with Crippen LogP contribution < -0.4 is 21.7 Å². The Balaban J connectivity index is 5.10. The van der Waals surface area contributed by atoms with Gasteiger partial charge in [0.25, 0.3) is 0 Å². The molecule has 0 aromatic heterocycles. The molecule has 0 fully saturated rings. The minimum atomic E-state index is -1.34. The molecule has 0 saturated heterocycles. The molecule has 0 radical (unpaired) electrons. The molecule has 4 atom stereocenters. The number of aliphatic hydroxyl groups is 1. The fourth-order valence-corrected chi connectivity index (χ4v) is 3.82. The molecule has 0 spiro atoms. The number of carbonyl (C=O) groups is 4. The summed E-state index contributed by atoms with van der Waals surface area (Å²) in [6, 6.07) is -4.18. The van der Waals surface area contributed by atoms with Crippen LogP contribution in [0.4, 0.5) is 0 Å². The first-order valence-corrected chi connectivity index (χ1v) is 13.9. The minimum Gasteiger partial charge on any atom is -0.480 e. The van der Waals surface area contributed by atoms with Crippen LogP contribution in [0.2, 0.25) is 0 Å². The van der Waals surface area contributed by atoms with Crippen LogP contribution >= 0.6 is 35.3 Å². The molecule has 0 heterocycles. The van der Waals surface area contributed by atoms with E-state index in [0.29, 0.717) is 30.1 Å². The lowest BCUT2D eigenvalue weighted by Gasteiger charge is -2.24. The van der Waals surface area contributed by atoms with Gasteiger partial charge in [-0.1, -0.05) is 0 Å². The van der Waals surface area contributed by atoms with Crippen molar-refractivity contribution in [2.75, 3.05) is 42.6 Å². The summed E-state index contributed by atoms with van der Waals surface area (Å²) in [4.78, 5) is 48.7. The molecule has 0 aliphatic rings. The van der Waals surface area contributed by atoms with Crippen LogP contribution in [0.1, 0.15) is 19.3 Å². The molecule has 0 aromatic carbocycles. The third-order valence-electron chi connectivity index (χ3n) is 4.25. The van der Waals surface area contributed by atoms with Crippen molar-refractivity contribution in [3.05, 3.63) is 0 Å². The molecule has 0 aliphatic carbocycles. The summed E-state index contributed by atoms with van der Waals surface area (Å²) in [5.41, 5.74) is 5.86. The van der Waals surface area contributed by atoms with Crippen molar-refractivity contribution in [3.63, 3.8) is 0 Å². The highest BCUT2D eigenvalue weighted by Crippen LogP contribution is 2.05. The Labute approximate surface area is 196 Å². The van der Waals surface area contributed by atoms with Crippen LogP contribution in [-0.2, 0) is 19.2 Å². The van der Waals surface area contributed by atoms with Gasteiger partial charge in [0.2, 0.25) is 17.7 Å². The van der Waals surface area contributed by atoms with Crippen molar-refractivity contribution in [3.8, 4) is 0 Å². The average Bonchev–Trinajstić information content (AvgIpc) is 2.74. The van der Waals surface area contributed by atoms with Gasteiger partial charge in [-0.05, 0) is 55.3 Å². The summed E-state index contributed by atoms with van der Waals surface area (Å²) >= 11 is 4.48. The van der Waals surface area contributed by atoms with Crippen molar-refractivity contribution in [2.24, 2.45) is 5.73 Å². The molecule has 0 rings (SSSR count). The van der Waals surface area contributed by atoms with Crippen LogP contribution in [-0.4, -0.2) is 101 Å². The second-order valence-corrected chi connectivity index (χ2v) is 9.61. The van der Waals surface area contributed by atoms with Crippen LogP contribution in [0, 0.1) is 0 Å². The summed E-state index contributed by atoms with van der Waals surface area (Å²) in [5.74, 6) is -1.33. The zero-order valence-electron chi connectivity index (χ0n) is 18.1. The Morgan fingerprint density at radius 3 is 1.65 bits per heavy atom. The molecule has 0 aliphatic heterocycles. The third kappa shape index (κ3) is 12.5. The Hall–Kier alpha value is -1.15. The van der Waals surface area contributed by atoms with E-state index in [1.807, 2.05) is 18.8 Å². The first kappa shape index (κ1) is 29.9. The van der Waals surface area contributed by atoms with Gasteiger partial charge in [-0.3, -0.25) is 14.4 Å². The molecular formula is C18H34N4O6S3. The number of amides is 3. The molecule has 0 aromatic rings. The van der Waals surface area contributed by atoms with Gasteiger partial charge < -0.3 is 31.9 Å². The van der Waals surface area contributed by atoms with Crippen molar-refractivity contribution in [1.82, 2.24) is 16.0 Å².